The minimum Gasteiger partial charge on any atom is -0.487 e. The Labute approximate surface area is 170 Å². The maximum atomic E-state index is 13.2. The van der Waals surface area contributed by atoms with E-state index in [9.17, 15) is 9.18 Å². The molecule has 0 radical (unpaired) electrons. The number of nitrogens with one attached hydrogen (secondary N) is 1. The van der Waals surface area contributed by atoms with Crippen LogP contribution in [0.15, 0.2) is 50.2 Å². The number of hydrogen-bond donors (Lipinski definition) is 1. The summed E-state index contributed by atoms with van der Waals surface area (Å²) in [6.45, 7) is 0.238. The molecule has 1 heterocycles. The fourth-order valence-electron chi connectivity index (χ4n) is 2.16. The summed E-state index contributed by atoms with van der Waals surface area (Å²) in [6.07, 6.45) is 1.76. The molecular weight excluding hydrogens is 493 g/mol. The Morgan fingerprint density at radius 2 is 1.96 bits per heavy atom. The zero-order chi connectivity index (χ0) is 18.0. The molecule has 1 saturated heterocycles. The van der Waals surface area contributed by atoms with Gasteiger partial charge < -0.3 is 10.1 Å². The Balaban J connectivity index is 1.80. The van der Waals surface area contributed by atoms with Crippen molar-refractivity contribution < 1.29 is 13.9 Å². The van der Waals surface area contributed by atoms with Crippen LogP contribution in [-0.4, -0.2) is 10.2 Å². The highest BCUT2D eigenvalue weighted by molar-refractivity contribution is 9.11. The summed E-state index contributed by atoms with van der Waals surface area (Å²) in [5.74, 6) is 0.102. The molecule has 25 heavy (non-hydrogen) atoms. The largest absolute Gasteiger partial charge is 0.487 e. The normalized spacial score (nSPS) is 15.6. The molecule has 1 N–H and O–H groups in total. The molecule has 0 spiro atoms. The molecule has 3 nitrogen and oxygen atoms in total. The maximum Gasteiger partial charge on any atom is 0.263 e. The number of rotatable bonds is 4. The lowest BCUT2D eigenvalue weighted by molar-refractivity contribution is -0.115. The van der Waals surface area contributed by atoms with E-state index in [1.54, 1.807) is 18.2 Å². The van der Waals surface area contributed by atoms with Crippen LogP contribution in [0.1, 0.15) is 11.1 Å². The number of ether oxygens (including phenoxy) is 1. The van der Waals surface area contributed by atoms with Crippen LogP contribution in [0.3, 0.4) is 0 Å². The lowest BCUT2D eigenvalue weighted by Gasteiger charge is -2.11. The summed E-state index contributed by atoms with van der Waals surface area (Å²) in [5.41, 5.74) is 1.55. The van der Waals surface area contributed by atoms with Crippen LogP contribution >= 0.6 is 55.8 Å². The Kier molecular flexibility index (Phi) is 5.93. The number of benzene rings is 2. The fourth-order valence-corrected chi connectivity index (χ4v) is 4.65. The number of amides is 1. The number of thioether (sulfide) groups is 1. The van der Waals surface area contributed by atoms with Gasteiger partial charge in [0.2, 0.25) is 0 Å². The van der Waals surface area contributed by atoms with E-state index < -0.39 is 0 Å². The Morgan fingerprint density at radius 1 is 1.24 bits per heavy atom. The van der Waals surface area contributed by atoms with Crippen molar-refractivity contribution in [2.24, 2.45) is 0 Å². The van der Waals surface area contributed by atoms with Crippen LogP contribution < -0.4 is 10.1 Å². The Hall–Kier alpha value is -1.22. The molecule has 0 bridgehead atoms. The van der Waals surface area contributed by atoms with Gasteiger partial charge >= 0.3 is 0 Å². The van der Waals surface area contributed by atoms with Crippen molar-refractivity contribution in [3.05, 3.63) is 67.2 Å². The molecule has 1 amide bonds. The summed E-state index contributed by atoms with van der Waals surface area (Å²) in [7, 11) is 0. The van der Waals surface area contributed by atoms with Crippen molar-refractivity contribution in [1.82, 2.24) is 5.32 Å². The second-order valence-corrected chi connectivity index (χ2v) is 8.51. The first-order valence-corrected chi connectivity index (χ1v) is 9.84. The number of carbonyl (C=O) groups excluding carboxylic acids is 1. The van der Waals surface area contributed by atoms with Crippen LogP contribution in [0, 0.1) is 5.82 Å². The molecular formula is C17H10Br2FNO2S2. The zero-order valence-corrected chi connectivity index (χ0v) is 17.3. The number of thiocarbonyl (C=S) groups is 1. The maximum absolute atomic E-state index is 13.2. The van der Waals surface area contributed by atoms with Crippen molar-refractivity contribution in [1.29, 1.82) is 0 Å². The Morgan fingerprint density at radius 3 is 2.56 bits per heavy atom. The van der Waals surface area contributed by atoms with E-state index in [0.29, 0.717) is 15.0 Å². The number of hydrogen-bond acceptors (Lipinski definition) is 4. The third-order valence-corrected chi connectivity index (χ3v) is 5.57. The van der Waals surface area contributed by atoms with Gasteiger partial charge in [0.05, 0.1) is 13.9 Å². The molecule has 0 atom stereocenters. The van der Waals surface area contributed by atoms with Crippen molar-refractivity contribution >= 4 is 72.1 Å². The van der Waals surface area contributed by atoms with E-state index >= 15 is 0 Å². The lowest BCUT2D eigenvalue weighted by atomic mass is 10.2. The molecule has 1 fully saturated rings. The van der Waals surface area contributed by atoms with Gasteiger partial charge in [0.15, 0.2) is 0 Å². The van der Waals surface area contributed by atoms with E-state index in [1.165, 1.54) is 23.9 Å². The monoisotopic (exact) mass is 501 g/mol. The molecule has 2 aromatic carbocycles. The van der Waals surface area contributed by atoms with E-state index in [0.717, 1.165) is 20.1 Å². The van der Waals surface area contributed by atoms with Gasteiger partial charge in [-0.15, -0.1) is 0 Å². The quantitative estimate of drug-likeness (QED) is 0.447. The Bertz CT molecular complexity index is 879. The van der Waals surface area contributed by atoms with Crippen molar-refractivity contribution in [2.45, 2.75) is 6.61 Å². The van der Waals surface area contributed by atoms with Crippen molar-refractivity contribution in [3.63, 3.8) is 0 Å². The van der Waals surface area contributed by atoms with Crippen molar-refractivity contribution in [2.75, 3.05) is 0 Å². The summed E-state index contributed by atoms with van der Waals surface area (Å²) in [4.78, 5) is 12.3. The molecule has 8 heteroatoms. The minimum atomic E-state index is -0.300. The third-order valence-electron chi connectivity index (χ3n) is 3.23. The molecule has 1 aliphatic rings. The van der Waals surface area contributed by atoms with E-state index in [1.807, 2.05) is 12.1 Å². The average Bonchev–Trinajstić information content (AvgIpc) is 2.84. The summed E-state index contributed by atoms with van der Waals surface area (Å²) in [6, 6.07) is 9.94. The van der Waals surface area contributed by atoms with Gasteiger partial charge in [0, 0.05) is 0 Å². The highest BCUT2D eigenvalue weighted by Gasteiger charge is 2.22. The molecule has 1 aliphatic heterocycles. The van der Waals surface area contributed by atoms with E-state index in [4.69, 9.17) is 17.0 Å². The van der Waals surface area contributed by atoms with Crippen LogP contribution in [0.5, 0.6) is 5.75 Å². The molecule has 0 unspecified atom stereocenters. The smallest absolute Gasteiger partial charge is 0.263 e. The summed E-state index contributed by atoms with van der Waals surface area (Å²) in [5, 5.41) is 2.58. The predicted octanol–water partition coefficient (Wildman–Crippen LogP) is 5.42. The first-order valence-electron chi connectivity index (χ1n) is 7.03. The zero-order valence-electron chi connectivity index (χ0n) is 12.5. The van der Waals surface area contributed by atoms with Gasteiger partial charge in [-0.3, -0.25) is 4.79 Å². The van der Waals surface area contributed by atoms with Gasteiger partial charge in [0.25, 0.3) is 5.91 Å². The van der Waals surface area contributed by atoms with Crippen molar-refractivity contribution in [3.8, 4) is 5.75 Å². The number of halogens is 3. The molecule has 2 aromatic rings. The first-order chi connectivity index (χ1) is 11.9. The second kappa shape index (κ2) is 7.99. The topological polar surface area (TPSA) is 38.3 Å². The van der Waals surface area contributed by atoms with Gasteiger partial charge in [0.1, 0.15) is 22.5 Å². The summed E-state index contributed by atoms with van der Waals surface area (Å²) < 4.78 is 20.9. The van der Waals surface area contributed by atoms with Gasteiger partial charge in [-0.2, -0.15) is 0 Å². The van der Waals surface area contributed by atoms with Crippen LogP contribution in [0.4, 0.5) is 4.39 Å². The first kappa shape index (κ1) is 18.6. The van der Waals surface area contributed by atoms with E-state index in [2.05, 4.69) is 37.2 Å². The minimum absolute atomic E-state index is 0.200. The fraction of sp³-hybridized carbons (Fsp3) is 0.0588. The highest BCUT2D eigenvalue weighted by atomic mass is 79.9. The molecule has 0 aliphatic carbocycles. The van der Waals surface area contributed by atoms with Crippen LogP contribution in [-0.2, 0) is 11.4 Å². The molecule has 0 saturated carbocycles. The standard InChI is InChI=1S/C17H10Br2FNO2S2/c18-12-5-10(7-14-16(22)21-17(24)25-14)6-13(19)15(12)23-8-9-2-1-3-11(20)4-9/h1-7H,8H2,(H,21,22,24)/b14-7-. The average molecular weight is 503 g/mol. The van der Waals surface area contributed by atoms with Crippen LogP contribution in [0.2, 0.25) is 0 Å². The van der Waals surface area contributed by atoms with Gasteiger partial charge in [-0.25, -0.2) is 4.39 Å². The summed E-state index contributed by atoms with van der Waals surface area (Å²) >= 11 is 13.1. The SMILES string of the molecule is O=C1NC(=S)S/C1=C\c1cc(Br)c(OCc2cccc(F)c2)c(Br)c1. The van der Waals surface area contributed by atoms with E-state index in [-0.39, 0.29) is 18.3 Å². The second-order valence-electron chi connectivity index (χ2n) is 5.08. The molecule has 0 aromatic heterocycles. The lowest BCUT2D eigenvalue weighted by Crippen LogP contribution is -2.17. The molecule has 128 valence electrons. The van der Waals surface area contributed by atoms with Crippen LogP contribution in [0.25, 0.3) is 6.08 Å². The third kappa shape index (κ3) is 4.69. The van der Waals surface area contributed by atoms with Gasteiger partial charge in [-0.05, 0) is 73.3 Å². The number of carbonyl (C=O) groups is 1. The van der Waals surface area contributed by atoms with Gasteiger partial charge in [-0.1, -0.05) is 36.1 Å². The highest BCUT2D eigenvalue weighted by Crippen LogP contribution is 2.37. The molecule has 3 rings (SSSR count). The predicted molar refractivity (Wildman–Crippen MR) is 109 cm³/mol.